The fourth-order valence-corrected chi connectivity index (χ4v) is 4.83. The lowest BCUT2D eigenvalue weighted by Crippen LogP contribution is -2.52. The van der Waals surface area contributed by atoms with Crippen LogP contribution in [0.15, 0.2) is 53.4 Å². The second-order valence-corrected chi connectivity index (χ2v) is 9.62. The van der Waals surface area contributed by atoms with Crippen molar-refractivity contribution in [2.75, 3.05) is 18.5 Å². The Morgan fingerprint density at radius 3 is 2.69 bits per heavy atom. The van der Waals surface area contributed by atoms with Gasteiger partial charge in [-0.25, -0.2) is 22.3 Å². The van der Waals surface area contributed by atoms with Crippen molar-refractivity contribution in [3.63, 3.8) is 0 Å². The number of carbonyl (C=O) groups excluding carboxylic acids is 1. The molecule has 4 N–H and O–H groups in total. The highest BCUT2D eigenvalue weighted by atomic mass is 35.5. The molecule has 174 valence electrons. The summed E-state index contributed by atoms with van der Waals surface area (Å²) in [5, 5.41) is 15.3. The van der Waals surface area contributed by atoms with E-state index < -0.39 is 34.0 Å². The van der Waals surface area contributed by atoms with Gasteiger partial charge in [0, 0.05) is 17.3 Å². The monoisotopic (exact) mass is 485 g/mol. The molecule has 0 bridgehead atoms. The highest BCUT2D eigenvalue weighted by Crippen LogP contribution is 2.22. The maximum Gasteiger partial charge on any atom is 0.319 e. The topological polar surface area (TPSA) is 117 Å². The van der Waals surface area contributed by atoms with Crippen LogP contribution in [-0.2, 0) is 14.8 Å². The third kappa shape index (κ3) is 6.88. The third-order valence-electron chi connectivity index (χ3n) is 5.06. The Bertz CT molecular complexity index is 1040. The average molecular weight is 486 g/mol. The summed E-state index contributed by atoms with van der Waals surface area (Å²) in [5.41, 5.74) is 0.310. The number of rotatable bonds is 8. The van der Waals surface area contributed by atoms with Crippen molar-refractivity contribution in [3.8, 4) is 0 Å². The molecule has 1 fully saturated rings. The minimum atomic E-state index is -3.69. The molecule has 0 aliphatic carbocycles. The summed E-state index contributed by atoms with van der Waals surface area (Å²) in [6, 6.07) is 10.5. The highest BCUT2D eigenvalue weighted by Gasteiger charge is 2.32. The molecule has 2 aromatic carbocycles. The zero-order valence-electron chi connectivity index (χ0n) is 17.1. The van der Waals surface area contributed by atoms with Crippen LogP contribution in [-0.4, -0.2) is 51.0 Å². The molecule has 3 atom stereocenters. The number of aliphatic hydroxyl groups excluding tert-OH is 1. The van der Waals surface area contributed by atoms with Crippen molar-refractivity contribution in [2.24, 2.45) is 0 Å². The Morgan fingerprint density at radius 2 is 1.97 bits per heavy atom. The van der Waals surface area contributed by atoms with Crippen LogP contribution in [0.3, 0.4) is 0 Å². The summed E-state index contributed by atoms with van der Waals surface area (Å²) in [7, 11) is -3.69. The van der Waals surface area contributed by atoms with Crippen molar-refractivity contribution < 1.29 is 27.4 Å². The molecule has 0 spiro atoms. The molecular formula is C21H25ClFN3O5S. The molecule has 1 saturated heterocycles. The van der Waals surface area contributed by atoms with E-state index in [1.54, 1.807) is 18.2 Å². The molecule has 0 radical (unpaired) electrons. The van der Waals surface area contributed by atoms with Gasteiger partial charge < -0.3 is 20.5 Å². The van der Waals surface area contributed by atoms with E-state index >= 15 is 0 Å². The van der Waals surface area contributed by atoms with Crippen LogP contribution in [0.25, 0.3) is 0 Å². The molecule has 0 unspecified atom stereocenters. The summed E-state index contributed by atoms with van der Waals surface area (Å²) >= 11 is 5.85. The molecule has 11 heteroatoms. The zero-order valence-corrected chi connectivity index (χ0v) is 18.7. The second kappa shape index (κ2) is 11.1. The number of ether oxygens (including phenoxy) is 1. The van der Waals surface area contributed by atoms with Gasteiger partial charge in [0.1, 0.15) is 11.9 Å². The third-order valence-corrected chi connectivity index (χ3v) is 6.75. The largest absolute Gasteiger partial charge is 0.394 e. The van der Waals surface area contributed by atoms with E-state index in [4.69, 9.17) is 16.3 Å². The lowest BCUT2D eigenvalue weighted by atomic mass is 9.97. The number of carbonyl (C=O) groups is 1. The summed E-state index contributed by atoms with van der Waals surface area (Å²) < 4.78 is 46.3. The van der Waals surface area contributed by atoms with E-state index in [-0.39, 0.29) is 24.2 Å². The van der Waals surface area contributed by atoms with Crippen molar-refractivity contribution in [1.29, 1.82) is 0 Å². The quantitative estimate of drug-likeness (QED) is 0.458. The molecule has 3 rings (SSSR count). The van der Waals surface area contributed by atoms with E-state index in [0.29, 0.717) is 30.0 Å². The maximum atomic E-state index is 13.3. The van der Waals surface area contributed by atoms with Crippen LogP contribution in [0, 0.1) is 5.82 Å². The minimum absolute atomic E-state index is 0.0800. The summed E-state index contributed by atoms with van der Waals surface area (Å²) in [6.45, 7) is -0.161. The number of benzene rings is 2. The number of urea groups is 1. The SMILES string of the molecule is O=C(Nc1cccc(F)c1)N[C@@H]1CC[C@H](CCNS(=O)(=O)c2cccc(Cl)c2)O[C@H]1CO. The summed E-state index contributed by atoms with van der Waals surface area (Å²) in [5.74, 6) is -0.467. The van der Waals surface area contributed by atoms with E-state index in [2.05, 4.69) is 15.4 Å². The molecule has 1 heterocycles. The van der Waals surface area contributed by atoms with Crippen LogP contribution in [0.2, 0.25) is 5.02 Å². The van der Waals surface area contributed by atoms with Gasteiger partial charge in [-0.05, 0) is 55.7 Å². The Morgan fingerprint density at radius 1 is 1.19 bits per heavy atom. The first-order chi connectivity index (χ1) is 15.3. The van der Waals surface area contributed by atoms with E-state index in [1.165, 1.54) is 30.3 Å². The van der Waals surface area contributed by atoms with Crippen LogP contribution < -0.4 is 15.4 Å². The first-order valence-corrected chi connectivity index (χ1v) is 12.0. The molecule has 8 nitrogen and oxygen atoms in total. The first kappa shape index (κ1) is 24.4. The lowest BCUT2D eigenvalue weighted by Gasteiger charge is -2.36. The standard InChI is InChI=1S/C21H25ClFN3O5S/c22-14-3-1-6-18(11-14)32(29,30)24-10-9-17-7-8-19(20(13-27)31-17)26-21(28)25-16-5-2-4-15(23)12-16/h1-6,11-12,17,19-20,24,27H,7-10,13H2,(H2,25,26,28)/t17-,19-,20+/m1/s1. The Kier molecular flexibility index (Phi) is 8.44. The molecule has 0 aromatic heterocycles. The number of halogens is 2. The van der Waals surface area contributed by atoms with Gasteiger partial charge in [0.15, 0.2) is 0 Å². The predicted octanol–water partition coefficient (Wildman–Crippen LogP) is 2.88. The number of hydrogen-bond acceptors (Lipinski definition) is 5. The summed E-state index contributed by atoms with van der Waals surface area (Å²) in [6.07, 6.45) is 0.585. The number of amides is 2. The van der Waals surface area contributed by atoms with Gasteiger partial charge >= 0.3 is 6.03 Å². The Labute approximate surface area is 191 Å². The summed E-state index contributed by atoms with van der Waals surface area (Å²) in [4.78, 5) is 12.3. The predicted molar refractivity (Wildman–Crippen MR) is 119 cm³/mol. The van der Waals surface area contributed by atoms with Crippen molar-refractivity contribution in [2.45, 2.75) is 42.4 Å². The van der Waals surface area contributed by atoms with Gasteiger partial charge in [0.05, 0.1) is 23.6 Å². The molecule has 1 aliphatic heterocycles. The highest BCUT2D eigenvalue weighted by molar-refractivity contribution is 7.89. The fraction of sp³-hybridized carbons (Fsp3) is 0.381. The minimum Gasteiger partial charge on any atom is -0.394 e. The van der Waals surface area contributed by atoms with Gasteiger partial charge in [0.25, 0.3) is 0 Å². The molecule has 32 heavy (non-hydrogen) atoms. The van der Waals surface area contributed by atoms with E-state index in [1.807, 2.05) is 0 Å². The van der Waals surface area contributed by atoms with E-state index in [0.717, 1.165) is 0 Å². The van der Waals surface area contributed by atoms with Crippen LogP contribution in [0.1, 0.15) is 19.3 Å². The van der Waals surface area contributed by atoms with Crippen LogP contribution >= 0.6 is 11.6 Å². The first-order valence-electron chi connectivity index (χ1n) is 10.1. The van der Waals surface area contributed by atoms with E-state index in [9.17, 15) is 22.7 Å². The van der Waals surface area contributed by atoms with Gasteiger partial charge in [0.2, 0.25) is 10.0 Å². The second-order valence-electron chi connectivity index (χ2n) is 7.42. The van der Waals surface area contributed by atoms with Gasteiger partial charge in [-0.2, -0.15) is 0 Å². The number of sulfonamides is 1. The van der Waals surface area contributed by atoms with Crippen molar-refractivity contribution in [1.82, 2.24) is 10.0 Å². The van der Waals surface area contributed by atoms with Gasteiger partial charge in [-0.3, -0.25) is 0 Å². The Hall–Kier alpha value is -2.24. The normalized spacial score (nSPS) is 21.2. The number of anilines is 1. The van der Waals surface area contributed by atoms with Crippen LogP contribution in [0.4, 0.5) is 14.9 Å². The number of hydrogen-bond donors (Lipinski definition) is 4. The molecule has 1 aliphatic rings. The molecule has 2 amide bonds. The zero-order chi connectivity index (χ0) is 23.1. The van der Waals surface area contributed by atoms with Crippen LogP contribution in [0.5, 0.6) is 0 Å². The lowest BCUT2D eigenvalue weighted by molar-refractivity contribution is -0.0884. The van der Waals surface area contributed by atoms with Gasteiger partial charge in [-0.1, -0.05) is 23.7 Å². The molecular weight excluding hydrogens is 461 g/mol. The number of nitrogens with one attached hydrogen (secondary N) is 3. The number of aliphatic hydroxyl groups is 1. The van der Waals surface area contributed by atoms with Crippen molar-refractivity contribution in [3.05, 3.63) is 59.4 Å². The maximum absolute atomic E-state index is 13.3. The van der Waals surface area contributed by atoms with Crippen molar-refractivity contribution >= 4 is 33.3 Å². The smallest absolute Gasteiger partial charge is 0.319 e. The average Bonchev–Trinajstić information content (AvgIpc) is 2.74. The fourth-order valence-electron chi connectivity index (χ4n) is 3.48. The van der Waals surface area contributed by atoms with Gasteiger partial charge in [-0.15, -0.1) is 0 Å². The molecule has 2 aromatic rings. The Balaban J connectivity index is 1.47. The molecule has 0 saturated carbocycles.